The highest BCUT2D eigenvalue weighted by atomic mass is 16.5. The quantitative estimate of drug-likeness (QED) is 0.585. The fourth-order valence-corrected chi connectivity index (χ4v) is 6.85. The summed E-state index contributed by atoms with van der Waals surface area (Å²) >= 11 is 0. The lowest BCUT2D eigenvalue weighted by molar-refractivity contribution is -0.134. The van der Waals surface area contributed by atoms with Crippen LogP contribution in [0.25, 0.3) is 10.9 Å². The van der Waals surface area contributed by atoms with E-state index in [0.29, 0.717) is 31.0 Å². The van der Waals surface area contributed by atoms with Crippen LogP contribution >= 0.6 is 0 Å². The van der Waals surface area contributed by atoms with Crippen molar-refractivity contribution < 1.29 is 19.1 Å². The molecule has 5 rings (SSSR count). The Morgan fingerprint density at radius 1 is 1.31 bits per heavy atom. The zero-order valence-electron chi connectivity index (χ0n) is 19.9. The van der Waals surface area contributed by atoms with Gasteiger partial charge in [0, 0.05) is 29.9 Å². The highest BCUT2D eigenvalue weighted by molar-refractivity contribution is 6.03. The molecule has 9 heteroatoms. The molecule has 3 unspecified atom stereocenters. The van der Waals surface area contributed by atoms with Crippen LogP contribution in [-0.4, -0.2) is 53.3 Å². The van der Waals surface area contributed by atoms with Gasteiger partial charge >= 0.3 is 0 Å². The van der Waals surface area contributed by atoms with Crippen molar-refractivity contribution in [1.82, 2.24) is 15.2 Å². The number of nitrogens with zero attached hydrogens (tertiary/aromatic N) is 2. The molecule has 0 bridgehead atoms. The first-order valence-corrected chi connectivity index (χ1v) is 12.4. The molecule has 5 atom stereocenters. The van der Waals surface area contributed by atoms with Crippen molar-refractivity contribution in [2.45, 2.75) is 44.1 Å². The predicted octanol–water partition coefficient (Wildman–Crippen LogP) is 2.33. The molecule has 35 heavy (non-hydrogen) atoms. The number of methoxy groups -OCH3 is 1. The van der Waals surface area contributed by atoms with Crippen molar-refractivity contribution >= 4 is 28.6 Å². The summed E-state index contributed by atoms with van der Waals surface area (Å²) in [6.07, 6.45) is 4.22. The number of hydrogen-bond donors (Lipinski definition) is 3. The van der Waals surface area contributed by atoms with Crippen LogP contribution < -0.4 is 15.8 Å². The molecule has 2 aromatic rings. The fourth-order valence-electron chi connectivity index (χ4n) is 6.85. The average molecular weight is 478 g/mol. The van der Waals surface area contributed by atoms with E-state index < -0.39 is 17.4 Å². The van der Waals surface area contributed by atoms with E-state index in [4.69, 9.17) is 10.5 Å². The van der Waals surface area contributed by atoms with E-state index in [1.165, 1.54) is 0 Å². The third-order valence-corrected chi connectivity index (χ3v) is 8.41. The van der Waals surface area contributed by atoms with Crippen molar-refractivity contribution in [1.29, 1.82) is 5.26 Å². The number of aromatic amines is 1. The lowest BCUT2D eigenvalue weighted by Gasteiger charge is -2.43. The zero-order chi connectivity index (χ0) is 24.7. The average Bonchev–Trinajstić information content (AvgIpc) is 3.57. The third kappa shape index (κ3) is 3.54. The Hall–Kier alpha value is -3.54. The van der Waals surface area contributed by atoms with Crippen molar-refractivity contribution in [2.24, 2.45) is 29.4 Å². The lowest BCUT2D eigenvalue weighted by atomic mass is 9.68. The van der Waals surface area contributed by atoms with E-state index >= 15 is 0 Å². The highest BCUT2D eigenvalue weighted by Crippen LogP contribution is 2.53. The number of aromatic nitrogens is 1. The Bertz CT molecular complexity index is 1220. The molecule has 1 aliphatic carbocycles. The monoisotopic (exact) mass is 477 g/mol. The van der Waals surface area contributed by atoms with Gasteiger partial charge in [0.25, 0.3) is 5.91 Å². The SMILES string of the molecule is COc1cccc2[nH]c(C(=O)N3CC4CCCC4C3(C(N)=O)[C@@H](C#N)C[C@@H]3CCCNC3=O)cc12. The first-order valence-electron chi connectivity index (χ1n) is 12.4. The van der Waals surface area contributed by atoms with Gasteiger partial charge in [0.1, 0.15) is 17.0 Å². The predicted molar refractivity (Wildman–Crippen MR) is 128 cm³/mol. The van der Waals surface area contributed by atoms with Gasteiger partial charge in [0.05, 0.1) is 19.1 Å². The van der Waals surface area contributed by atoms with E-state index in [2.05, 4.69) is 16.4 Å². The van der Waals surface area contributed by atoms with Crippen LogP contribution in [-0.2, 0) is 9.59 Å². The number of likely N-dealkylation sites (tertiary alicyclic amines) is 1. The maximum Gasteiger partial charge on any atom is 0.271 e. The Morgan fingerprint density at radius 2 is 2.14 bits per heavy atom. The number of nitriles is 1. The second-order valence-electron chi connectivity index (χ2n) is 10.1. The summed E-state index contributed by atoms with van der Waals surface area (Å²) in [7, 11) is 1.57. The Morgan fingerprint density at radius 3 is 2.86 bits per heavy atom. The number of piperidine rings is 1. The van der Waals surface area contributed by atoms with E-state index in [1.807, 2.05) is 18.2 Å². The number of nitrogens with two attached hydrogens (primary N) is 1. The van der Waals surface area contributed by atoms with Crippen LogP contribution in [0.4, 0.5) is 0 Å². The number of fused-ring (bicyclic) bond motifs is 2. The Balaban J connectivity index is 1.57. The Labute approximate surface area is 204 Å². The van der Waals surface area contributed by atoms with Gasteiger partial charge in [-0.1, -0.05) is 12.5 Å². The second-order valence-corrected chi connectivity index (χ2v) is 10.1. The summed E-state index contributed by atoms with van der Waals surface area (Å²) in [4.78, 5) is 44.6. The molecule has 2 aliphatic heterocycles. The molecule has 1 saturated carbocycles. The molecule has 2 saturated heterocycles. The largest absolute Gasteiger partial charge is 0.496 e. The van der Waals surface area contributed by atoms with E-state index in [9.17, 15) is 19.6 Å². The Kier molecular flexibility index (Phi) is 5.91. The molecule has 3 heterocycles. The number of H-pyrrole nitrogens is 1. The summed E-state index contributed by atoms with van der Waals surface area (Å²) in [5.41, 5.74) is 5.73. The minimum absolute atomic E-state index is 0.0985. The number of primary amides is 1. The van der Waals surface area contributed by atoms with Gasteiger partial charge in [-0.25, -0.2) is 0 Å². The third-order valence-electron chi connectivity index (χ3n) is 8.41. The molecular weight excluding hydrogens is 446 g/mol. The molecule has 1 aromatic carbocycles. The van der Waals surface area contributed by atoms with Crippen LogP contribution in [0.1, 0.15) is 49.0 Å². The smallest absolute Gasteiger partial charge is 0.271 e. The molecule has 3 amide bonds. The van der Waals surface area contributed by atoms with Gasteiger partial charge in [-0.05, 0) is 62.1 Å². The van der Waals surface area contributed by atoms with E-state index in [0.717, 1.165) is 36.6 Å². The first kappa shape index (κ1) is 23.2. The van der Waals surface area contributed by atoms with Crippen molar-refractivity contribution in [3.8, 4) is 11.8 Å². The summed E-state index contributed by atoms with van der Waals surface area (Å²) < 4.78 is 5.44. The minimum atomic E-state index is -1.45. The van der Waals surface area contributed by atoms with Crippen LogP contribution in [0.3, 0.4) is 0 Å². The number of rotatable bonds is 6. The van der Waals surface area contributed by atoms with Crippen LogP contribution in [0.5, 0.6) is 5.75 Å². The molecule has 1 aromatic heterocycles. The maximum atomic E-state index is 14.0. The fraction of sp³-hybridized carbons (Fsp3) is 0.538. The number of benzene rings is 1. The van der Waals surface area contributed by atoms with Gasteiger partial charge in [-0.15, -0.1) is 0 Å². The molecule has 3 fully saturated rings. The molecule has 184 valence electrons. The van der Waals surface area contributed by atoms with E-state index in [1.54, 1.807) is 18.1 Å². The number of hydrogen-bond acceptors (Lipinski definition) is 5. The van der Waals surface area contributed by atoms with Crippen LogP contribution in [0, 0.1) is 35.0 Å². The van der Waals surface area contributed by atoms with Gasteiger partial charge in [-0.2, -0.15) is 5.26 Å². The number of carbonyl (C=O) groups is 3. The lowest BCUT2D eigenvalue weighted by Crippen LogP contribution is -2.64. The molecule has 9 nitrogen and oxygen atoms in total. The summed E-state index contributed by atoms with van der Waals surface area (Å²) in [5, 5.41) is 14.0. The van der Waals surface area contributed by atoms with Gasteiger partial charge in [0.2, 0.25) is 11.8 Å². The minimum Gasteiger partial charge on any atom is -0.496 e. The normalized spacial score (nSPS) is 28.9. The topological polar surface area (TPSA) is 141 Å². The molecule has 4 N–H and O–H groups in total. The molecule has 3 aliphatic rings. The second kappa shape index (κ2) is 8.91. The van der Waals surface area contributed by atoms with Crippen molar-refractivity contribution in [2.75, 3.05) is 20.2 Å². The van der Waals surface area contributed by atoms with Gasteiger partial charge in [0.15, 0.2) is 0 Å². The molecular formula is C26H31N5O4. The number of carbonyl (C=O) groups excluding carboxylic acids is 3. The zero-order valence-corrected chi connectivity index (χ0v) is 19.9. The summed E-state index contributed by atoms with van der Waals surface area (Å²) in [6, 6.07) is 9.56. The highest BCUT2D eigenvalue weighted by Gasteiger charge is 2.64. The van der Waals surface area contributed by atoms with E-state index in [-0.39, 0.29) is 36.0 Å². The maximum absolute atomic E-state index is 14.0. The number of amides is 3. The molecule has 0 radical (unpaired) electrons. The van der Waals surface area contributed by atoms with Crippen LogP contribution in [0.15, 0.2) is 24.3 Å². The standard InChI is InChI=1S/C26H31N5O4/c1-35-22-9-3-8-20-18(22)12-21(30-20)24(33)31-14-16-5-2-7-19(16)26(31,25(28)34)17(13-27)11-15-6-4-10-29-23(15)32/h3,8-9,12,15-17,19,30H,2,4-7,10-11,14H2,1H3,(H2,28,34)(H,29,32)/t15-,16?,17+,19?,26?/m0/s1. The first-order chi connectivity index (χ1) is 16.9. The number of nitrogens with one attached hydrogen (secondary N) is 2. The summed E-state index contributed by atoms with van der Waals surface area (Å²) in [5.74, 6) is -1.82. The van der Waals surface area contributed by atoms with Gasteiger partial charge < -0.3 is 25.7 Å². The number of ether oxygens (including phenoxy) is 1. The van der Waals surface area contributed by atoms with Gasteiger partial charge in [-0.3, -0.25) is 14.4 Å². The molecule has 0 spiro atoms. The van der Waals surface area contributed by atoms with Crippen LogP contribution in [0.2, 0.25) is 0 Å². The summed E-state index contributed by atoms with van der Waals surface area (Å²) in [6.45, 7) is 0.987. The van der Waals surface area contributed by atoms with Crippen molar-refractivity contribution in [3.63, 3.8) is 0 Å². The van der Waals surface area contributed by atoms with Crippen molar-refractivity contribution in [3.05, 3.63) is 30.0 Å².